The summed E-state index contributed by atoms with van der Waals surface area (Å²) in [6.45, 7) is 4.29. The lowest BCUT2D eigenvalue weighted by Gasteiger charge is -2.37. The van der Waals surface area contributed by atoms with Gasteiger partial charge in [0.15, 0.2) is 0 Å². The first-order valence-corrected chi connectivity index (χ1v) is 9.53. The highest BCUT2D eigenvalue weighted by molar-refractivity contribution is 6.05. The van der Waals surface area contributed by atoms with E-state index in [1.54, 1.807) is 12.4 Å². The third-order valence-corrected chi connectivity index (χ3v) is 4.93. The number of hydrogen-bond acceptors (Lipinski definition) is 3. The van der Waals surface area contributed by atoms with Gasteiger partial charge in [0.25, 0.3) is 11.8 Å². The summed E-state index contributed by atoms with van der Waals surface area (Å²) < 4.78 is 0. The van der Waals surface area contributed by atoms with Crippen LogP contribution in [0.25, 0.3) is 11.0 Å². The summed E-state index contributed by atoms with van der Waals surface area (Å²) in [7, 11) is 0. The number of H-pyrrole nitrogens is 1. The van der Waals surface area contributed by atoms with E-state index in [2.05, 4.69) is 32.4 Å². The average molecular weight is 366 g/mol. The van der Waals surface area contributed by atoms with Gasteiger partial charge in [-0.25, -0.2) is 0 Å². The molecule has 0 spiro atoms. The van der Waals surface area contributed by atoms with Crippen LogP contribution in [0, 0.1) is 17.8 Å². The Morgan fingerprint density at radius 1 is 1.30 bits per heavy atom. The van der Waals surface area contributed by atoms with Gasteiger partial charge >= 0.3 is 0 Å². The Balaban J connectivity index is 1.70. The molecule has 2 aromatic rings. The molecule has 6 heteroatoms. The molecule has 2 heterocycles. The second kappa shape index (κ2) is 8.26. The maximum atomic E-state index is 12.7. The van der Waals surface area contributed by atoms with Crippen molar-refractivity contribution in [1.82, 2.24) is 20.6 Å². The highest BCUT2D eigenvalue weighted by Gasteiger charge is 2.34. The van der Waals surface area contributed by atoms with E-state index in [0.717, 1.165) is 37.6 Å². The van der Waals surface area contributed by atoms with E-state index >= 15 is 0 Å². The first-order chi connectivity index (χ1) is 13.0. The van der Waals surface area contributed by atoms with Gasteiger partial charge < -0.3 is 15.6 Å². The van der Waals surface area contributed by atoms with Crippen LogP contribution in [0.2, 0.25) is 0 Å². The predicted molar refractivity (Wildman–Crippen MR) is 105 cm³/mol. The van der Waals surface area contributed by atoms with Gasteiger partial charge in [-0.2, -0.15) is 0 Å². The van der Waals surface area contributed by atoms with Gasteiger partial charge in [0.05, 0.1) is 16.6 Å². The van der Waals surface area contributed by atoms with Crippen molar-refractivity contribution < 1.29 is 9.59 Å². The standard InChI is InChI=1S/C21H26N4O2/c1-15(2)8-9-18(26)25-21(10-4-3-5-11-21)14-24-20(27)16-13-23-17-7-6-12-22-19(16)17/h6-7,12-13,15,23H,3-5,10-11,14H2,1-2H3,(H,24,27)(H,25,26). The number of nitrogens with zero attached hydrogens (tertiary/aromatic N) is 1. The number of aromatic amines is 1. The maximum Gasteiger partial charge on any atom is 0.296 e. The Morgan fingerprint density at radius 3 is 2.81 bits per heavy atom. The van der Waals surface area contributed by atoms with Gasteiger partial charge in [-0.1, -0.05) is 39.0 Å². The third kappa shape index (κ3) is 4.68. The Hall–Kier alpha value is -2.81. The third-order valence-electron chi connectivity index (χ3n) is 4.93. The van der Waals surface area contributed by atoms with E-state index in [9.17, 15) is 9.59 Å². The zero-order chi connectivity index (χ0) is 19.3. The lowest BCUT2D eigenvalue weighted by Crippen LogP contribution is -2.56. The minimum Gasteiger partial charge on any atom is -0.359 e. The Morgan fingerprint density at radius 2 is 2.07 bits per heavy atom. The van der Waals surface area contributed by atoms with Gasteiger partial charge in [0.1, 0.15) is 5.52 Å². The van der Waals surface area contributed by atoms with Crippen LogP contribution < -0.4 is 10.6 Å². The molecule has 2 aromatic heterocycles. The minimum atomic E-state index is -0.434. The zero-order valence-corrected chi connectivity index (χ0v) is 15.9. The first-order valence-electron chi connectivity index (χ1n) is 9.53. The largest absolute Gasteiger partial charge is 0.359 e. The molecule has 0 aromatic carbocycles. The fourth-order valence-corrected chi connectivity index (χ4v) is 3.53. The summed E-state index contributed by atoms with van der Waals surface area (Å²) in [5.41, 5.74) is 1.56. The molecule has 27 heavy (non-hydrogen) atoms. The van der Waals surface area contributed by atoms with Crippen molar-refractivity contribution in [2.45, 2.75) is 51.5 Å². The fourth-order valence-electron chi connectivity index (χ4n) is 3.53. The molecule has 1 aliphatic carbocycles. The Kier molecular flexibility index (Phi) is 5.80. The number of pyridine rings is 1. The van der Waals surface area contributed by atoms with Gasteiger partial charge in [0, 0.05) is 24.9 Å². The summed E-state index contributed by atoms with van der Waals surface area (Å²) in [6, 6.07) is 3.71. The van der Waals surface area contributed by atoms with E-state index in [4.69, 9.17) is 0 Å². The van der Waals surface area contributed by atoms with Crippen molar-refractivity contribution in [2.75, 3.05) is 6.54 Å². The van der Waals surface area contributed by atoms with Crippen LogP contribution >= 0.6 is 0 Å². The van der Waals surface area contributed by atoms with Crippen molar-refractivity contribution in [3.05, 3.63) is 30.1 Å². The summed E-state index contributed by atoms with van der Waals surface area (Å²) in [4.78, 5) is 32.3. The molecule has 142 valence electrons. The topological polar surface area (TPSA) is 86.9 Å². The number of amides is 2. The summed E-state index contributed by atoms with van der Waals surface area (Å²) >= 11 is 0. The van der Waals surface area contributed by atoms with Crippen LogP contribution in [0.1, 0.15) is 56.3 Å². The molecule has 0 saturated heterocycles. The molecule has 1 fully saturated rings. The molecule has 0 radical (unpaired) electrons. The highest BCUT2D eigenvalue weighted by Crippen LogP contribution is 2.28. The molecule has 6 nitrogen and oxygen atoms in total. The number of rotatable bonds is 4. The van der Waals surface area contributed by atoms with E-state index < -0.39 is 5.54 Å². The van der Waals surface area contributed by atoms with Crippen molar-refractivity contribution in [3.8, 4) is 11.8 Å². The molecule has 2 amide bonds. The van der Waals surface area contributed by atoms with Crippen LogP contribution in [-0.4, -0.2) is 33.9 Å². The monoisotopic (exact) mass is 366 g/mol. The number of fused-ring (bicyclic) bond motifs is 1. The molecule has 0 atom stereocenters. The van der Waals surface area contributed by atoms with Gasteiger partial charge in [-0.3, -0.25) is 14.6 Å². The SMILES string of the molecule is CC(C)C#CC(=O)NC1(CNC(=O)c2c[nH]c3cccnc23)CCCCC1. The maximum absolute atomic E-state index is 12.7. The summed E-state index contributed by atoms with van der Waals surface area (Å²) in [5, 5.41) is 6.07. The van der Waals surface area contributed by atoms with Crippen molar-refractivity contribution >= 4 is 22.8 Å². The summed E-state index contributed by atoms with van der Waals surface area (Å²) in [5.74, 6) is 5.25. The molecule has 1 saturated carbocycles. The van der Waals surface area contributed by atoms with Crippen molar-refractivity contribution in [2.24, 2.45) is 5.92 Å². The van der Waals surface area contributed by atoms with E-state index in [-0.39, 0.29) is 17.7 Å². The quantitative estimate of drug-likeness (QED) is 0.727. The van der Waals surface area contributed by atoms with Crippen molar-refractivity contribution in [1.29, 1.82) is 0 Å². The molecular weight excluding hydrogens is 340 g/mol. The predicted octanol–water partition coefficient (Wildman–Crippen LogP) is 2.77. The molecule has 0 unspecified atom stereocenters. The molecule has 0 bridgehead atoms. The molecular formula is C21H26N4O2. The lowest BCUT2D eigenvalue weighted by atomic mass is 9.81. The van der Waals surface area contributed by atoms with Crippen LogP contribution in [0.4, 0.5) is 0 Å². The van der Waals surface area contributed by atoms with Crippen LogP contribution in [0.15, 0.2) is 24.5 Å². The summed E-state index contributed by atoms with van der Waals surface area (Å²) in [6.07, 6.45) is 8.24. The zero-order valence-electron chi connectivity index (χ0n) is 15.9. The Bertz CT molecular complexity index is 882. The minimum absolute atomic E-state index is 0.145. The van der Waals surface area contributed by atoms with Crippen LogP contribution in [-0.2, 0) is 4.79 Å². The highest BCUT2D eigenvalue weighted by atomic mass is 16.2. The van der Waals surface area contributed by atoms with Gasteiger partial charge in [-0.15, -0.1) is 0 Å². The van der Waals surface area contributed by atoms with Gasteiger partial charge in [-0.05, 0) is 30.9 Å². The van der Waals surface area contributed by atoms with Crippen molar-refractivity contribution in [3.63, 3.8) is 0 Å². The van der Waals surface area contributed by atoms with E-state index in [0.29, 0.717) is 17.6 Å². The molecule has 0 aliphatic heterocycles. The number of nitrogens with one attached hydrogen (secondary N) is 3. The lowest BCUT2D eigenvalue weighted by molar-refractivity contribution is -0.117. The van der Waals surface area contributed by atoms with Crippen LogP contribution in [0.5, 0.6) is 0 Å². The number of carbonyl (C=O) groups is 2. The van der Waals surface area contributed by atoms with Crippen LogP contribution in [0.3, 0.4) is 0 Å². The molecule has 3 N–H and O–H groups in total. The number of hydrogen-bond donors (Lipinski definition) is 3. The number of carbonyl (C=O) groups excluding carboxylic acids is 2. The molecule has 3 rings (SSSR count). The Labute approximate surface area is 159 Å². The normalized spacial score (nSPS) is 15.8. The average Bonchev–Trinajstić information content (AvgIpc) is 3.09. The second-order valence-corrected chi connectivity index (χ2v) is 7.50. The smallest absolute Gasteiger partial charge is 0.296 e. The van der Waals surface area contributed by atoms with Gasteiger partial charge in [0.2, 0.25) is 0 Å². The van der Waals surface area contributed by atoms with E-state index in [1.807, 2.05) is 26.0 Å². The van der Waals surface area contributed by atoms with E-state index in [1.165, 1.54) is 0 Å². The fraction of sp³-hybridized carbons (Fsp3) is 0.476. The number of aromatic nitrogens is 2. The second-order valence-electron chi connectivity index (χ2n) is 7.50. The molecule has 1 aliphatic rings. The first kappa shape index (κ1) is 19.0.